The summed E-state index contributed by atoms with van der Waals surface area (Å²) < 4.78 is 24.9. The molecule has 1 unspecified atom stereocenters. The van der Waals surface area contributed by atoms with Gasteiger partial charge >= 0.3 is 0 Å². The molecule has 9 atom stereocenters. The molecule has 1 spiro atoms. The molecule has 10 heteroatoms. The third-order valence-corrected chi connectivity index (χ3v) is 11.1. The Kier molecular flexibility index (Phi) is 9.38. The average Bonchev–Trinajstić information content (AvgIpc) is 3.33. The first-order chi connectivity index (χ1) is 23.2. The first kappa shape index (κ1) is 33.2. The van der Waals surface area contributed by atoms with Gasteiger partial charge in [0.25, 0.3) is 5.91 Å². The molecule has 0 radical (unpaired) electrons. The maximum atomic E-state index is 12.9. The van der Waals surface area contributed by atoms with E-state index in [9.17, 15) is 4.79 Å². The molecule has 4 saturated heterocycles. The minimum atomic E-state index is -0.807. The number of hydrogen-bond acceptors (Lipinski definition) is 9. The molecule has 4 aliphatic heterocycles. The van der Waals surface area contributed by atoms with Crippen LogP contribution in [-0.2, 0) is 30.6 Å². The highest BCUT2D eigenvalue weighted by Crippen LogP contribution is 2.60. The molecule has 2 aromatic carbocycles. The van der Waals surface area contributed by atoms with Gasteiger partial charge in [-0.15, -0.1) is 0 Å². The zero-order valence-corrected chi connectivity index (χ0v) is 28.7. The summed E-state index contributed by atoms with van der Waals surface area (Å²) >= 11 is 0. The first-order valence-electron chi connectivity index (χ1n) is 17.6. The van der Waals surface area contributed by atoms with Crippen LogP contribution in [0.25, 0.3) is 10.9 Å². The van der Waals surface area contributed by atoms with E-state index in [1.807, 2.05) is 55.5 Å². The molecule has 5 fully saturated rings. The summed E-state index contributed by atoms with van der Waals surface area (Å²) in [5.41, 5.74) is 2.86. The van der Waals surface area contributed by atoms with E-state index in [-0.39, 0.29) is 23.8 Å². The van der Waals surface area contributed by atoms with E-state index in [2.05, 4.69) is 36.4 Å². The summed E-state index contributed by atoms with van der Waals surface area (Å²) in [6.07, 6.45) is 6.53. The number of nitrogens with one attached hydrogen (secondary N) is 2. The van der Waals surface area contributed by atoms with Crippen molar-refractivity contribution < 1.29 is 33.5 Å². The van der Waals surface area contributed by atoms with Gasteiger partial charge in [-0.3, -0.25) is 9.78 Å². The van der Waals surface area contributed by atoms with Crippen LogP contribution < -0.4 is 15.4 Å². The largest absolute Gasteiger partial charge is 0.497 e. The quantitative estimate of drug-likeness (QED) is 0.167. The van der Waals surface area contributed by atoms with Crippen molar-refractivity contribution >= 4 is 22.5 Å². The lowest BCUT2D eigenvalue weighted by atomic mass is 9.58. The van der Waals surface area contributed by atoms with Crippen LogP contribution >= 0.6 is 0 Å². The van der Waals surface area contributed by atoms with Crippen LogP contribution in [0.2, 0.25) is 0 Å². The summed E-state index contributed by atoms with van der Waals surface area (Å²) in [4.78, 5) is 29.6. The highest BCUT2D eigenvalue weighted by atomic mass is 17.3. The number of methoxy groups -OCH3 is 1. The fraction of sp³-hybridized carbons (Fsp3) is 0.579. The van der Waals surface area contributed by atoms with Crippen molar-refractivity contribution in [3.63, 3.8) is 0 Å². The number of benzene rings is 2. The average molecular weight is 660 g/mol. The molecule has 10 nitrogen and oxygen atoms in total. The van der Waals surface area contributed by atoms with Crippen LogP contribution in [0, 0.1) is 23.7 Å². The van der Waals surface area contributed by atoms with Gasteiger partial charge in [0.1, 0.15) is 5.75 Å². The molecule has 3 aromatic rings. The SMILES string of the molecule is COc1cc(NC(C)CCCNC(=O)c2ccc(CO[C@H]3O[C@H]4O[C@]5(C)CC[C@@H]6[C@H](C)CC[C@@H]([C@H]3C)[C@@]46OO5)cc2)c2ncccc2c1. The number of nitrogens with zero attached hydrogens (tertiary/aromatic N) is 1. The molecule has 1 amide bonds. The number of pyridine rings is 1. The number of carbonyl (C=O) groups is 1. The molecule has 1 aliphatic carbocycles. The van der Waals surface area contributed by atoms with Crippen molar-refractivity contribution in [3.8, 4) is 5.75 Å². The minimum absolute atomic E-state index is 0.0852. The van der Waals surface area contributed by atoms with Crippen LogP contribution in [-0.4, -0.2) is 54.6 Å². The summed E-state index contributed by atoms with van der Waals surface area (Å²) in [7, 11) is 1.67. The molecule has 1 aromatic heterocycles. The first-order valence-corrected chi connectivity index (χ1v) is 17.6. The van der Waals surface area contributed by atoms with Crippen molar-refractivity contribution in [2.45, 2.75) is 103 Å². The van der Waals surface area contributed by atoms with Crippen LogP contribution in [0.1, 0.15) is 82.1 Å². The van der Waals surface area contributed by atoms with Crippen molar-refractivity contribution in [1.29, 1.82) is 0 Å². The number of carbonyl (C=O) groups excluding carboxylic acids is 1. The Morgan fingerprint density at radius 2 is 1.92 bits per heavy atom. The Bertz CT molecular complexity index is 1600. The van der Waals surface area contributed by atoms with Gasteiger partial charge in [0.15, 0.2) is 18.2 Å². The van der Waals surface area contributed by atoms with E-state index in [1.54, 1.807) is 13.3 Å². The van der Waals surface area contributed by atoms with Crippen molar-refractivity contribution in [2.24, 2.45) is 23.7 Å². The van der Waals surface area contributed by atoms with Crippen LogP contribution in [0.4, 0.5) is 5.69 Å². The van der Waals surface area contributed by atoms with Crippen molar-refractivity contribution in [2.75, 3.05) is 19.0 Å². The molecule has 2 bridgehead atoms. The van der Waals surface area contributed by atoms with Gasteiger partial charge in [-0.1, -0.05) is 32.0 Å². The van der Waals surface area contributed by atoms with Gasteiger partial charge in [0.2, 0.25) is 5.79 Å². The highest BCUT2D eigenvalue weighted by Gasteiger charge is 2.69. The second kappa shape index (κ2) is 13.6. The number of fused-ring (bicyclic) bond motifs is 3. The maximum Gasteiger partial charge on any atom is 0.251 e. The zero-order valence-electron chi connectivity index (χ0n) is 28.7. The Morgan fingerprint density at radius 3 is 2.73 bits per heavy atom. The molecule has 1 saturated carbocycles. The van der Waals surface area contributed by atoms with Gasteiger partial charge in [0, 0.05) is 54.1 Å². The monoisotopic (exact) mass is 659 g/mol. The Labute approximate surface area is 283 Å². The minimum Gasteiger partial charge on any atom is -0.497 e. The topological polar surface area (TPSA) is 109 Å². The van der Waals surface area contributed by atoms with Crippen molar-refractivity contribution in [1.82, 2.24) is 10.3 Å². The maximum absolute atomic E-state index is 12.9. The third-order valence-electron chi connectivity index (χ3n) is 11.1. The van der Waals surface area contributed by atoms with E-state index in [1.165, 1.54) is 0 Å². The van der Waals surface area contributed by atoms with E-state index >= 15 is 0 Å². The lowest BCUT2D eigenvalue weighted by molar-refractivity contribution is -0.577. The van der Waals surface area contributed by atoms with Crippen LogP contribution in [0.3, 0.4) is 0 Å². The van der Waals surface area contributed by atoms with Gasteiger partial charge in [-0.05, 0) is 87.6 Å². The number of aromatic nitrogens is 1. The molecule has 5 aliphatic rings. The normalized spacial score (nSPS) is 33.0. The smallest absolute Gasteiger partial charge is 0.251 e. The zero-order chi connectivity index (χ0) is 33.5. The Balaban J connectivity index is 0.889. The molecular weight excluding hydrogens is 610 g/mol. The lowest BCUT2D eigenvalue weighted by Crippen LogP contribution is -2.70. The molecule has 258 valence electrons. The van der Waals surface area contributed by atoms with Gasteiger partial charge in [0.05, 0.1) is 24.9 Å². The Morgan fingerprint density at radius 1 is 1.08 bits per heavy atom. The van der Waals surface area contributed by atoms with E-state index in [0.29, 0.717) is 30.6 Å². The number of hydrogen-bond donors (Lipinski definition) is 2. The third kappa shape index (κ3) is 6.29. The lowest BCUT2D eigenvalue weighted by Gasteiger charge is -2.60. The van der Waals surface area contributed by atoms with Crippen LogP contribution in [0.5, 0.6) is 5.75 Å². The number of amides is 1. The summed E-state index contributed by atoms with van der Waals surface area (Å²) in [5, 5.41) is 7.65. The fourth-order valence-corrected chi connectivity index (χ4v) is 8.44. The van der Waals surface area contributed by atoms with E-state index < -0.39 is 24.0 Å². The van der Waals surface area contributed by atoms with Crippen molar-refractivity contribution in [3.05, 3.63) is 65.9 Å². The number of ether oxygens (including phenoxy) is 4. The van der Waals surface area contributed by atoms with Gasteiger partial charge in [-0.25, -0.2) is 9.78 Å². The molecular formula is C38H49N3O7. The Hall–Kier alpha value is -3.28. The predicted octanol–water partition coefficient (Wildman–Crippen LogP) is 6.98. The molecule has 5 heterocycles. The predicted molar refractivity (Wildman–Crippen MR) is 181 cm³/mol. The van der Waals surface area contributed by atoms with E-state index in [4.69, 9.17) is 28.7 Å². The second-order valence-corrected chi connectivity index (χ2v) is 14.5. The standard InChI is InChI=1S/C38H49N3O7/c1-23-10-15-31-25(3)35(45-36-38(31)30(23)16-17-37(4,46-36)47-48-38)44-22-26-11-13-27(14-12-26)34(42)40-19-6-8-24(2)41-32-21-29(43-5)20-28-9-7-18-39-33(28)32/h7,9,11-14,18,20-21,23-25,30-31,35-36,41H,6,8,10,15-17,19,22H2,1-5H3,(H,40,42)/t23-,24?,25-,30-,31+,35+,36+,37+,38-/m1/s1. The molecule has 48 heavy (non-hydrogen) atoms. The van der Waals surface area contributed by atoms with Gasteiger partial charge in [-0.2, -0.15) is 0 Å². The fourth-order valence-electron chi connectivity index (χ4n) is 8.44. The summed E-state index contributed by atoms with van der Waals surface area (Å²) in [6, 6.07) is 15.7. The van der Waals surface area contributed by atoms with E-state index in [0.717, 1.165) is 66.4 Å². The highest BCUT2D eigenvalue weighted by molar-refractivity contribution is 5.94. The second-order valence-electron chi connectivity index (χ2n) is 14.5. The molecule has 2 N–H and O–H groups in total. The number of rotatable bonds is 11. The van der Waals surface area contributed by atoms with Crippen LogP contribution in [0.15, 0.2) is 54.7 Å². The van der Waals surface area contributed by atoms with Gasteiger partial charge < -0.3 is 29.6 Å². The summed E-state index contributed by atoms with van der Waals surface area (Å²) in [5.74, 6) is 1.07. The molecule has 8 rings (SSSR count). The summed E-state index contributed by atoms with van der Waals surface area (Å²) in [6.45, 7) is 9.54. The number of anilines is 1.